The van der Waals surface area contributed by atoms with Gasteiger partial charge in [-0.3, -0.25) is 9.69 Å². The van der Waals surface area contributed by atoms with Gasteiger partial charge in [-0.05, 0) is 39.2 Å². The van der Waals surface area contributed by atoms with Gasteiger partial charge >= 0.3 is 5.97 Å². The maximum atomic E-state index is 11.7. The molecule has 1 saturated heterocycles. The smallest absolute Gasteiger partial charge is 0.312 e. The van der Waals surface area contributed by atoms with Crippen LogP contribution in [0.15, 0.2) is 0 Å². The predicted molar refractivity (Wildman–Crippen MR) is 68.6 cm³/mol. The first-order valence-corrected chi connectivity index (χ1v) is 6.43. The lowest BCUT2D eigenvalue weighted by atomic mass is 9.87. The van der Waals surface area contributed by atoms with Crippen LogP contribution in [-0.2, 0) is 9.53 Å². The van der Waals surface area contributed by atoms with Gasteiger partial charge in [-0.15, -0.1) is 0 Å². The molecule has 17 heavy (non-hydrogen) atoms. The number of rotatable bonds is 4. The zero-order valence-electron chi connectivity index (χ0n) is 11.5. The van der Waals surface area contributed by atoms with Crippen LogP contribution in [0.25, 0.3) is 0 Å². The van der Waals surface area contributed by atoms with Crippen molar-refractivity contribution in [3.63, 3.8) is 0 Å². The second-order valence-electron chi connectivity index (χ2n) is 5.87. The highest BCUT2D eigenvalue weighted by molar-refractivity contribution is 5.76. The summed E-state index contributed by atoms with van der Waals surface area (Å²) < 4.78 is 4.85. The highest BCUT2D eigenvalue weighted by Crippen LogP contribution is 2.27. The SMILES string of the molecule is COC(=O)C(C)(C)CN1CCC(C)CC1CN. The van der Waals surface area contributed by atoms with Gasteiger partial charge in [0.2, 0.25) is 0 Å². The number of hydrogen-bond donors (Lipinski definition) is 1. The summed E-state index contributed by atoms with van der Waals surface area (Å²) in [5, 5.41) is 0. The number of nitrogens with two attached hydrogens (primary N) is 1. The minimum Gasteiger partial charge on any atom is -0.469 e. The Labute approximate surface area is 104 Å². The van der Waals surface area contributed by atoms with Gasteiger partial charge < -0.3 is 10.5 Å². The van der Waals surface area contributed by atoms with Crippen LogP contribution < -0.4 is 5.73 Å². The maximum Gasteiger partial charge on any atom is 0.312 e. The molecule has 0 aromatic carbocycles. The summed E-state index contributed by atoms with van der Waals surface area (Å²) >= 11 is 0. The van der Waals surface area contributed by atoms with Crippen molar-refractivity contribution in [2.75, 3.05) is 26.7 Å². The highest BCUT2D eigenvalue weighted by Gasteiger charge is 2.35. The van der Waals surface area contributed by atoms with Crippen LogP contribution in [0.4, 0.5) is 0 Å². The molecule has 1 rings (SSSR count). The van der Waals surface area contributed by atoms with Crippen LogP contribution in [0.3, 0.4) is 0 Å². The number of methoxy groups -OCH3 is 1. The first-order chi connectivity index (χ1) is 7.90. The third-order valence-electron chi connectivity index (χ3n) is 3.71. The molecule has 0 aliphatic carbocycles. The number of nitrogens with zero attached hydrogens (tertiary/aromatic N) is 1. The summed E-state index contributed by atoms with van der Waals surface area (Å²) in [7, 11) is 1.45. The van der Waals surface area contributed by atoms with Gasteiger partial charge in [-0.25, -0.2) is 0 Å². The van der Waals surface area contributed by atoms with Gasteiger partial charge in [-0.1, -0.05) is 6.92 Å². The van der Waals surface area contributed by atoms with Crippen molar-refractivity contribution in [3.05, 3.63) is 0 Å². The highest BCUT2D eigenvalue weighted by atomic mass is 16.5. The van der Waals surface area contributed by atoms with Crippen molar-refractivity contribution in [2.45, 2.75) is 39.7 Å². The third kappa shape index (κ3) is 3.68. The van der Waals surface area contributed by atoms with E-state index in [4.69, 9.17) is 10.5 Å². The Bertz CT molecular complexity index is 266. The quantitative estimate of drug-likeness (QED) is 0.754. The van der Waals surface area contributed by atoms with E-state index in [9.17, 15) is 4.79 Å². The monoisotopic (exact) mass is 242 g/mol. The molecule has 4 heteroatoms. The van der Waals surface area contributed by atoms with Gasteiger partial charge in [0.1, 0.15) is 0 Å². The van der Waals surface area contributed by atoms with Gasteiger partial charge in [0, 0.05) is 19.1 Å². The van der Waals surface area contributed by atoms with Crippen molar-refractivity contribution in [1.29, 1.82) is 0 Å². The van der Waals surface area contributed by atoms with Crippen molar-refractivity contribution in [3.8, 4) is 0 Å². The van der Waals surface area contributed by atoms with Crippen LogP contribution in [0.5, 0.6) is 0 Å². The van der Waals surface area contributed by atoms with Crippen LogP contribution in [-0.4, -0.2) is 43.7 Å². The maximum absolute atomic E-state index is 11.7. The fraction of sp³-hybridized carbons (Fsp3) is 0.923. The molecule has 0 spiro atoms. The molecule has 2 atom stereocenters. The van der Waals surface area contributed by atoms with Crippen LogP contribution >= 0.6 is 0 Å². The minimum atomic E-state index is -0.456. The lowest BCUT2D eigenvalue weighted by Crippen LogP contribution is -2.51. The van der Waals surface area contributed by atoms with Crippen molar-refractivity contribution in [2.24, 2.45) is 17.1 Å². The van der Waals surface area contributed by atoms with E-state index in [-0.39, 0.29) is 5.97 Å². The summed E-state index contributed by atoms with van der Waals surface area (Å²) in [6.07, 6.45) is 2.32. The summed E-state index contributed by atoms with van der Waals surface area (Å²) in [4.78, 5) is 14.0. The molecule has 1 fully saturated rings. The zero-order chi connectivity index (χ0) is 13.1. The fourth-order valence-electron chi connectivity index (χ4n) is 2.60. The summed E-state index contributed by atoms with van der Waals surface area (Å²) in [5.41, 5.74) is 5.37. The lowest BCUT2D eigenvalue weighted by molar-refractivity contribution is -0.152. The number of esters is 1. The van der Waals surface area contributed by atoms with Crippen LogP contribution in [0, 0.1) is 11.3 Å². The van der Waals surface area contributed by atoms with E-state index in [2.05, 4.69) is 11.8 Å². The average molecular weight is 242 g/mol. The second-order valence-corrected chi connectivity index (χ2v) is 5.87. The van der Waals surface area contributed by atoms with Crippen molar-refractivity contribution < 1.29 is 9.53 Å². The van der Waals surface area contributed by atoms with Crippen LogP contribution in [0.1, 0.15) is 33.6 Å². The molecule has 0 bridgehead atoms. The topological polar surface area (TPSA) is 55.6 Å². The van der Waals surface area contributed by atoms with E-state index in [0.717, 1.165) is 25.4 Å². The second kappa shape index (κ2) is 5.83. The minimum absolute atomic E-state index is 0.146. The Morgan fingerprint density at radius 2 is 2.18 bits per heavy atom. The molecule has 100 valence electrons. The van der Waals surface area contributed by atoms with Gasteiger partial charge in [-0.2, -0.15) is 0 Å². The molecular formula is C13H26N2O2. The Morgan fingerprint density at radius 1 is 1.53 bits per heavy atom. The molecule has 0 amide bonds. The summed E-state index contributed by atoms with van der Waals surface area (Å²) in [5.74, 6) is 0.591. The molecule has 4 nitrogen and oxygen atoms in total. The van der Waals surface area contributed by atoms with Crippen LogP contribution in [0.2, 0.25) is 0 Å². The van der Waals surface area contributed by atoms with E-state index in [1.807, 2.05) is 13.8 Å². The van der Waals surface area contributed by atoms with E-state index in [1.54, 1.807) is 0 Å². The molecule has 2 unspecified atom stereocenters. The van der Waals surface area contributed by atoms with E-state index in [0.29, 0.717) is 12.6 Å². The van der Waals surface area contributed by atoms with E-state index < -0.39 is 5.41 Å². The molecule has 1 aliphatic rings. The van der Waals surface area contributed by atoms with E-state index >= 15 is 0 Å². The number of hydrogen-bond acceptors (Lipinski definition) is 4. The molecular weight excluding hydrogens is 216 g/mol. The molecule has 2 N–H and O–H groups in total. The van der Waals surface area contributed by atoms with Crippen molar-refractivity contribution in [1.82, 2.24) is 4.90 Å². The molecule has 0 aromatic heterocycles. The largest absolute Gasteiger partial charge is 0.469 e. The molecule has 0 saturated carbocycles. The van der Waals surface area contributed by atoms with Gasteiger partial charge in [0.05, 0.1) is 12.5 Å². The Hall–Kier alpha value is -0.610. The lowest BCUT2D eigenvalue weighted by Gasteiger charge is -2.41. The van der Waals surface area contributed by atoms with Gasteiger partial charge in [0.25, 0.3) is 0 Å². The Balaban J connectivity index is 2.63. The number of carbonyl (C=O) groups excluding carboxylic acids is 1. The molecule has 0 aromatic rings. The number of ether oxygens (including phenoxy) is 1. The third-order valence-corrected chi connectivity index (χ3v) is 3.71. The molecule has 1 heterocycles. The fourth-order valence-corrected chi connectivity index (χ4v) is 2.60. The summed E-state index contributed by atoms with van der Waals surface area (Å²) in [6, 6.07) is 0.405. The first-order valence-electron chi connectivity index (χ1n) is 6.43. The zero-order valence-corrected chi connectivity index (χ0v) is 11.5. The Kier molecular flexibility index (Phi) is 4.95. The standard InChI is InChI=1S/C13H26N2O2/c1-10-5-6-15(11(7-10)8-14)9-13(2,3)12(16)17-4/h10-11H,5-9,14H2,1-4H3. The predicted octanol–water partition coefficient (Wildman–Crippen LogP) is 1.24. The molecule has 0 radical (unpaired) electrons. The number of carbonyl (C=O) groups is 1. The Morgan fingerprint density at radius 3 is 2.71 bits per heavy atom. The number of piperidine rings is 1. The number of likely N-dealkylation sites (tertiary alicyclic amines) is 1. The normalized spacial score (nSPS) is 26.9. The van der Waals surface area contributed by atoms with Gasteiger partial charge in [0.15, 0.2) is 0 Å². The van der Waals surface area contributed by atoms with E-state index in [1.165, 1.54) is 13.5 Å². The molecule has 1 aliphatic heterocycles. The van der Waals surface area contributed by atoms with Crippen molar-refractivity contribution >= 4 is 5.97 Å². The average Bonchev–Trinajstić information content (AvgIpc) is 2.30. The first kappa shape index (κ1) is 14.5. The summed E-state index contributed by atoms with van der Waals surface area (Å²) in [6.45, 7) is 8.57.